The summed E-state index contributed by atoms with van der Waals surface area (Å²) in [5.74, 6) is 6.54. The summed E-state index contributed by atoms with van der Waals surface area (Å²) in [5.41, 5.74) is 2.02. The highest BCUT2D eigenvalue weighted by molar-refractivity contribution is 7.80. The molecule has 0 radical (unpaired) electrons. The van der Waals surface area contributed by atoms with Crippen molar-refractivity contribution in [2.75, 3.05) is 5.75 Å². The van der Waals surface area contributed by atoms with Gasteiger partial charge in [-0.05, 0) is 24.3 Å². The van der Waals surface area contributed by atoms with Gasteiger partial charge in [-0.1, -0.05) is 17.9 Å². The maximum absolute atomic E-state index is 4.24. The molecule has 0 unspecified atom stereocenters. The van der Waals surface area contributed by atoms with Crippen LogP contribution >= 0.6 is 12.6 Å². The molecule has 0 saturated heterocycles. The lowest BCUT2D eigenvalue weighted by Gasteiger charge is -1.96. The molecule has 1 heterocycles. The van der Waals surface area contributed by atoms with E-state index in [4.69, 9.17) is 0 Å². The molecular weight excluding hydrogens is 190 g/mol. The van der Waals surface area contributed by atoms with Crippen LogP contribution in [0.4, 0.5) is 0 Å². The lowest BCUT2D eigenvalue weighted by atomic mass is 10.1. The molecule has 0 spiro atoms. The lowest BCUT2D eigenvalue weighted by molar-refractivity contribution is 1.41. The number of pyridine rings is 1. The smallest absolute Gasteiger partial charge is 0.0702 e. The van der Waals surface area contributed by atoms with Gasteiger partial charge in [-0.15, -0.1) is 0 Å². The first kappa shape index (κ1) is 9.11. The van der Waals surface area contributed by atoms with Crippen LogP contribution in [0.3, 0.4) is 0 Å². The molecule has 68 valence electrons. The van der Waals surface area contributed by atoms with Gasteiger partial charge in [-0.25, -0.2) is 0 Å². The van der Waals surface area contributed by atoms with Gasteiger partial charge in [-0.3, -0.25) is 4.98 Å². The highest BCUT2D eigenvalue weighted by Crippen LogP contribution is 2.12. The van der Waals surface area contributed by atoms with Crippen molar-refractivity contribution in [2.45, 2.75) is 0 Å². The van der Waals surface area contributed by atoms with Crippen LogP contribution in [0.15, 0.2) is 36.5 Å². The third-order valence-electron chi connectivity index (χ3n) is 1.91. The average molecular weight is 199 g/mol. The number of thiol groups is 1. The van der Waals surface area contributed by atoms with Gasteiger partial charge < -0.3 is 0 Å². The summed E-state index contributed by atoms with van der Waals surface area (Å²) in [6.07, 6.45) is 1.79. The summed E-state index contributed by atoms with van der Waals surface area (Å²) in [5, 5.41) is 1.12. The zero-order valence-corrected chi connectivity index (χ0v) is 8.46. The Hall–Kier alpha value is -1.46. The van der Waals surface area contributed by atoms with E-state index >= 15 is 0 Å². The van der Waals surface area contributed by atoms with Crippen molar-refractivity contribution < 1.29 is 0 Å². The second kappa shape index (κ2) is 4.17. The van der Waals surface area contributed by atoms with Gasteiger partial charge in [0, 0.05) is 17.1 Å². The number of hydrogen-bond acceptors (Lipinski definition) is 2. The maximum atomic E-state index is 4.24. The molecule has 14 heavy (non-hydrogen) atoms. The van der Waals surface area contributed by atoms with Crippen LogP contribution in [-0.4, -0.2) is 10.7 Å². The van der Waals surface area contributed by atoms with E-state index < -0.39 is 0 Å². The Bertz CT molecular complexity index is 508. The van der Waals surface area contributed by atoms with E-state index in [-0.39, 0.29) is 0 Å². The first-order chi connectivity index (χ1) is 6.90. The molecule has 0 amide bonds. The third-order valence-corrected chi connectivity index (χ3v) is 2.07. The molecule has 1 aromatic heterocycles. The zero-order chi connectivity index (χ0) is 9.80. The lowest BCUT2D eigenvalue weighted by Crippen LogP contribution is -1.79. The minimum atomic E-state index is 0.588. The van der Waals surface area contributed by atoms with Crippen LogP contribution in [0, 0.1) is 11.8 Å². The van der Waals surface area contributed by atoms with Gasteiger partial charge >= 0.3 is 0 Å². The molecule has 0 aliphatic heterocycles. The molecular formula is C12H9NS. The average Bonchev–Trinajstić information content (AvgIpc) is 2.26. The topological polar surface area (TPSA) is 12.9 Å². The molecule has 2 aromatic rings. The largest absolute Gasteiger partial charge is 0.256 e. The minimum Gasteiger partial charge on any atom is -0.256 e. The molecule has 0 bridgehead atoms. The van der Waals surface area contributed by atoms with Gasteiger partial charge in [0.15, 0.2) is 0 Å². The third kappa shape index (κ3) is 1.89. The van der Waals surface area contributed by atoms with Gasteiger partial charge in [-0.2, -0.15) is 12.6 Å². The molecule has 0 aliphatic carbocycles. The Balaban J connectivity index is 2.51. The predicted molar refractivity (Wildman–Crippen MR) is 62.5 cm³/mol. The Labute approximate surface area is 88.6 Å². The van der Waals surface area contributed by atoms with Gasteiger partial charge in [0.25, 0.3) is 0 Å². The van der Waals surface area contributed by atoms with Crippen LogP contribution in [-0.2, 0) is 0 Å². The van der Waals surface area contributed by atoms with E-state index in [0.717, 1.165) is 16.5 Å². The van der Waals surface area contributed by atoms with E-state index in [9.17, 15) is 0 Å². The fourth-order valence-corrected chi connectivity index (χ4v) is 1.37. The van der Waals surface area contributed by atoms with Crippen molar-refractivity contribution in [3.63, 3.8) is 0 Å². The van der Waals surface area contributed by atoms with E-state index in [0.29, 0.717) is 5.75 Å². The number of hydrogen-bond donors (Lipinski definition) is 1. The first-order valence-corrected chi connectivity index (χ1v) is 4.98. The van der Waals surface area contributed by atoms with Crippen molar-refractivity contribution in [3.8, 4) is 11.8 Å². The van der Waals surface area contributed by atoms with Crippen LogP contribution in [0.2, 0.25) is 0 Å². The van der Waals surface area contributed by atoms with Crippen molar-refractivity contribution in [3.05, 3.63) is 42.1 Å². The summed E-state index contributed by atoms with van der Waals surface area (Å²) in [6, 6.07) is 9.97. The molecule has 2 heteroatoms. The molecule has 0 saturated carbocycles. The predicted octanol–water partition coefficient (Wildman–Crippen LogP) is 2.52. The monoisotopic (exact) mass is 199 g/mol. The molecule has 0 aliphatic rings. The summed E-state index contributed by atoms with van der Waals surface area (Å²) in [4.78, 5) is 4.24. The SMILES string of the molecule is SCC#Cc1ccc2ncccc2c1. The molecule has 1 aromatic carbocycles. The first-order valence-electron chi connectivity index (χ1n) is 4.34. The maximum Gasteiger partial charge on any atom is 0.0702 e. The second-order valence-electron chi connectivity index (χ2n) is 2.87. The zero-order valence-electron chi connectivity index (χ0n) is 7.57. The summed E-state index contributed by atoms with van der Waals surface area (Å²) in [7, 11) is 0. The molecule has 0 fully saturated rings. The quantitative estimate of drug-likeness (QED) is 0.508. The fraction of sp³-hybridized carbons (Fsp3) is 0.0833. The van der Waals surface area contributed by atoms with E-state index in [1.807, 2.05) is 30.3 Å². The van der Waals surface area contributed by atoms with Crippen LogP contribution in [0.1, 0.15) is 5.56 Å². The molecule has 0 atom stereocenters. The number of benzene rings is 1. The van der Waals surface area contributed by atoms with Crippen molar-refractivity contribution in [1.29, 1.82) is 0 Å². The van der Waals surface area contributed by atoms with Crippen LogP contribution < -0.4 is 0 Å². The summed E-state index contributed by atoms with van der Waals surface area (Å²) < 4.78 is 0. The van der Waals surface area contributed by atoms with Gasteiger partial charge in [0.05, 0.1) is 11.3 Å². The second-order valence-corrected chi connectivity index (χ2v) is 3.19. The van der Waals surface area contributed by atoms with Crippen LogP contribution in [0.25, 0.3) is 10.9 Å². The number of rotatable bonds is 0. The van der Waals surface area contributed by atoms with E-state index in [1.54, 1.807) is 6.20 Å². The Morgan fingerprint density at radius 1 is 1.29 bits per heavy atom. The van der Waals surface area contributed by atoms with Crippen molar-refractivity contribution in [1.82, 2.24) is 4.98 Å². The molecule has 0 N–H and O–H groups in total. The van der Waals surface area contributed by atoms with Gasteiger partial charge in [0.2, 0.25) is 0 Å². The van der Waals surface area contributed by atoms with E-state index in [1.165, 1.54) is 0 Å². The number of nitrogens with zero attached hydrogens (tertiary/aromatic N) is 1. The molecule has 2 rings (SSSR count). The van der Waals surface area contributed by atoms with Crippen molar-refractivity contribution >= 4 is 23.5 Å². The van der Waals surface area contributed by atoms with Crippen molar-refractivity contribution in [2.24, 2.45) is 0 Å². The Kier molecular flexibility index (Phi) is 2.71. The van der Waals surface area contributed by atoms with E-state index in [2.05, 4.69) is 29.5 Å². The van der Waals surface area contributed by atoms with Crippen LogP contribution in [0.5, 0.6) is 0 Å². The normalized spacial score (nSPS) is 9.50. The summed E-state index contributed by atoms with van der Waals surface area (Å²) >= 11 is 4.04. The Morgan fingerprint density at radius 3 is 3.07 bits per heavy atom. The Morgan fingerprint density at radius 2 is 2.21 bits per heavy atom. The number of fused-ring (bicyclic) bond motifs is 1. The molecule has 1 nitrogen and oxygen atoms in total. The fourth-order valence-electron chi connectivity index (χ4n) is 1.29. The minimum absolute atomic E-state index is 0.588. The van der Waals surface area contributed by atoms with Gasteiger partial charge in [0.1, 0.15) is 0 Å². The standard InChI is InChI=1S/C12H9NS/c14-8-2-3-10-5-6-12-11(9-10)4-1-7-13-12/h1,4-7,9,14H,8H2. The highest BCUT2D eigenvalue weighted by atomic mass is 32.1. The highest BCUT2D eigenvalue weighted by Gasteiger charge is 1.93. The number of aromatic nitrogens is 1. The summed E-state index contributed by atoms with van der Waals surface area (Å²) in [6.45, 7) is 0.